The molecule has 214 valence electrons. The summed E-state index contributed by atoms with van der Waals surface area (Å²) < 4.78 is 5.23. The highest BCUT2D eigenvalue weighted by atomic mass is 32.1. The first-order valence-electron chi connectivity index (χ1n) is 13.5. The molecule has 1 aromatic heterocycles. The number of hydrogen-bond acceptors (Lipinski definition) is 7. The van der Waals surface area contributed by atoms with Gasteiger partial charge in [-0.3, -0.25) is 14.2 Å². The number of aromatic nitrogens is 1. The molecule has 0 amide bonds. The second-order valence-corrected chi connectivity index (χ2v) is 10.7. The molecule has 0 spiro atoms. The Balaban J connectivity index is 1.68. The molecule has 1 aliphatic rings. The lowest BCUT2D eigenvalue weighted by molar-refractivity contribution is -0.136. The van der Waals surface area contributed by atoms with Crippen molar-refractivity contribution in [3.05, 3.63) is 84.8 Å². The van der Waals surface area contributed by atoms with Crippen molar-refractivity contribution in [3.63, 3.8) is 0 Å². The number of aryl methyl sites for hydroxylation is 2. The number of hydrogen-bond donors (Lipinski definition) is 2. The van der Waals surface area contributed by atoms with Gasteiger partial charge >= 0.3 is 11.9 Å². The van der Waals surface area contributed by atoms with Gasteiger partial charge in [-0.15, -0.1) is 11.3 Å². The molecule has 0 unspecified atom stereocenters. The fraction of sp³-hybridized carbons (Fsp3) is 0.290. The highest BCUT2D eigenvalue weighted by Gasteiger charge is 2.22. The summed E-state index contributed by atoms with van der Waals surface area (Å²) in [5, 5.41) is 18.7. The predicted octanol–water partition coefficient (Wildman–Crippen LogP) is 3.67. The highest BCUT2D eigenvalue weighted by Crippen LogP contribution is 2.36. The second-order valence-electron chi connectivity index (χ2n) is 9.64. The number of para-hydroxylation sites is 1. The van der Waals surface area contributed by atoms with Crippen molar-refractivity contribution in [1.82, 2.24) is 4.57 Å². The van der Waals surface area contributed by atoms with Crippen molar-refractivity contribution in [2.75, 3.05) is 11.4 Å². The number of carboxylic acid groups (broad SMARTS) is 2. The number of carbonyl (C=O) groups is 3. The molecule has 3 aromatic rings. The third kappa shape index (κ3) is 6.83. The normalized spacial score (nSPS) is 13.0. The molecule has 10 heteroatoms. The minimum Gasteiger partial charge on any atom is -0.477 e. The molecule has 0 aliphatic carbocycles. The van der Waals surface area contributed by atoms with Crippen LogP contribution in [-0.2, 0) is 38.7 Å². The number of carbonyl (C=O) groups excluding carboxylic acids is 1. The monoisotopic (exact) mass is 576 g/mol. The topological polar surface area (TPSA) is 126 Å². The molecule has 2 N–H and O–H groups in total. The van der Waals surface area contributed by atoms with E-state index >= 15 is 0 Å². The van der Waals surface area contributed by atoms with Gasteiger partial charge in [0, 0.05) is 17.9 Å². The fourth-order valence-corrected chi connectivity index (χ4v) is 6.03. The second kappa shape index (κ2) is 13.8. The summed E-state index contributed by atoms with van der Waals surface area (Å²) >= 11 is 0.709. The van der Waals surface area contributed by atoms with Crippen molar-refractivity contribution in [2.45, 2.75) is 52.2 Å². The van der Waals surface area contributed by atoms with Gasteiger partial charge in [0.1, 0.15) is 4.66 Å². The molecular weight excluding hydrogens is 544 g/mol. The maximum atomic E-state index is 12.9. The summed E-state index contributed by atoms with van der Waals surface area (Å²) in [6.07, 6.45) is 11.5. The first kappa shape index (κ1) is 29.5. The zero-order valence-corrected chi connectivity index (χ0v) is 23.6. The summed E-state index contributed by atoms with van der Waals surface area (Å²) in [5.41, 5.74) is 4.30. The van der Waals surface area contributed by atoms with Gasteiger partial charge in [-0.05, 0) is 60.2 Å². The van der Waals surface area contributed by atoms with E-state index in [-0.39, 0.29) is 15.7 Å². The SMILES string of the molecule is CCCCCCN1c2ccccc2CCc2cc(/C=C/C=c3/sc(=C(C(=O)O)C(=O)O)n(COC=O)c3=O)ccc21. The fourth-order valence-electron chi connectivity index (χ4n) is 4.96. The van der Waals surface area contributed by atoms with Crippen molar-refractivity contribution in [3.8, 4) is 0 Å². The molecule has 41 heavy (non-hydrogen) atoms. The van der Waals surface area contributed by atoms with E-state index in [0.29, 0.717) is 11.3 Å². The van der Waals surface area contributed by atoms with E-state index < -0.39 is 29.8 Å². The zero-order chi connectivity index (χ0) is 29.4. The Hall–Kier alpha value is -4.44. The Bertz CT molecular complexity index is 1640. The van der Waals surface area contributed by atoms with Crippen molar-refractivity contribution in [2.24, 2.45) is 0 Å². The van der Waals surface area contributed by atoms with Crippen LogP contribution in [0.5, 0.6) is 0 Å². The Morgan fingerprint density at radius 2 is 1.73 bits per heavy atom. The number of carboxylic acids is 2. The lowest BCUT2D eigenvalue weighted by atomic mass is 10.0. The number of nitrogens with zero attached hydrogens (tertiary/aromatic N) is 2. The van der Waals surface area contributed by atoms with E-state index in [0.717, 1.165) is 35.9 Å². The van der Waals surface area contributed by atoms with Crippen LogP contribution in [0.25, 0.3) is 17.7 Å². The maximum Gasteiger partial charge on any atom is 0.346 e. The number of rotatable bonds is 12. The molecule has 0 saturated carbocycles. The van der Waals surface area contributed by atoms with Crippen LogP contribution in [0, 0.1) is 0 Å². The van der Waals surface area contributed by atoms with E-state index in [1.54, 1.807) is 6.08 Å². The lowest BCUT2D eigenvalue weighted by Crippen LogP contribution is -2.34. The maximum absolute atomic E-state index is 12.9. The van der Waals surface area contributed by atoms with Crippen LogP contribution in [0.1, 0.15) is 49.3 Å². The van der Waals surface area contributed by atoms with Crippen LogP contribution in [0.3, 0.4) is 0 Å². The third-order valence-corrected chi connectivity index (χ3v) is 8.08. The Labute approximate surface area is 240 Å². The summed E-state index contributed by atoms with van der Waals surface area (Å²) in [7, 11) is 0. The number of thiazole rings is 1. The average Bonchev–Trinajstić information content (AvgIpc) is 3.15. The van der Waals surface area contributed by atoms with Gasteiger partial charge in [0.25, 0.3) is 12.0 Å². The van der Waals surface area contributed by atoms with Gasteiger partial charge < -0.3 is 19.8 Å². The lowest BCUT2D eigenvalue weighted by Gasteiger charge is -2.27. The number of aliphatic carboxylic acids is 2. The van der Waals surface area contributed by atoms with Crippen LogP contribution in [-0.4, -0.2) is 39.7 Å². The van der Waals surface area contributed by atoms with E-state index in [9.17, 15) is 29.4 Å². The van der Waals surface area contributed by atoms with E-state index in [2.05, 4.69) is 53.0 Å². The molecule has 0 saturated heterocycles. The summed E-state index contributed by atoms with van der Waals surface area (Å²) in [6.45, 7) is 2.65. The standard InChI is InChI=1S/C31H32N2O7S/c1-2-3-4-7-17-32-24-11-6-5-10-22(24)14-15-23-18-21(13-16-25(23)32)9-8-12-26-28(35)33(19-40-20-34)29(41-26)27(30(36)37)31(38)39/h5-6,8-13,16,18,20H,2-4,7,14-15,17,19H2,1H3,(H,36,37)(H,38,39)/b9-8+,26-12+. The largest absolute Gasteiger partial charge is 0.477 e. The number of ether oxygens (including phenoxy) is 1. The summed E-state index contributed by atoms with van der Waals surface area (Å²) in [6, 6.07) is 14.8. The Kier molecular flexibility index (Phi) is 9.91. The van der Waals surface area contributed by atoms with Crippen LogP contribution < -0.4 is 19.7 Å². The number of benzene rings is 2. The summed E-state index contributed by atoms with van der Waals surface area (Å²) in [5.74, 6) is -3.40. The van der Waals surface area contributed by atoms with Gasteiger partial charge in [-0.1, -0.05) is 62.6 Å². The van der Waals surface area contributed by atoms with Gasteiger partial charge in [-0.2, -0.15) is 0 Å². The van der Waals surface area contributed by atoms with Gasteiger partial charge in [0.15, 0.2) is 12.3 Å². The van der Waals surface area contributed by atoms with Crippen molar-refractivity contribution >= 4 is 58.8 Å². The van der Waals surface area contributed by atoms with Gasteiger partial charge in [0.05, 0.1) is 4.53 Å². The minimum absolute atomic E-state index is 0.0988. The number of allylic oxidation sites excluding steroid dienone is 1. The predicted molar refractivity (Wildman–Crippen MR) is 159 cm³/mol. The average molecular weight is 577 g/mol. The molecule has 9 nitrogen and oxygen atoms in total. The minimum atomic E-state index is -1.70. The van der Waals surface area contributed by atoms with E-state index in [1.807, 2.05) is 12.1 Å². The quantitative estimate of drug-likeness (QED) is 0.190. The number of anilines is 2. The van der Waals surface area contributed by atoms with Crippen LogP contribution in [0.4, 0.5) is 11.4 Å². The molecule has 0 radical (unpaired) electrons. The van der Waals surface area contributed by atoms with Gasteiger partial charge in [-0.25, -0.2) is 9.59 Å². The summed E-state index contributed by atoms with van der Waals surface area (Å²) in [4.78, 5) is 49.1. The van der Waals surface area contributed by atoms with Crippen LogP contribution in [0.2, 0.25) is 0 Å². The molecule has 4 rings (SSSR count). The number of unbranched alkanes of at least 4 members (excludes halogenated alkanes) is 3. The van der Waals surface area contributed by atoms with Crippen LogP contribution in [0.15, 0.2) is 53.3 Å². The van der Waals surface area contributed by atoms with E-state index in [1.165, 1.54) is 47.8 Å². The smallest absolute Gasteiger partial charge is 0.346 e. The first-order chi connectivity index (χ1) is 19.8. The van der Waals surface area contributed by atoms with E-state index in [4.69, 9.17) is 0 Å². The first-order valence-corrected chi connectivity index (χ1v) is 14.3. The number of fused-ring (bicyclic) bond motifs is 2. The molecule has 2 heterocycles. The highest BCUT2D eigenvalue weighted by molar-refractivity contribution is 7.07. The molecule has 1 aliphatic heterocycles. The third-order valence-electron chi connectivity index (χ3n) is 6.93. The van der Waals surface area contributed by atoms with Crippen molar-refractivity contribution < 1.29 is 29.3 Å². The zero-order valence-electron chi connectivity index (χ0n) is 22.7. The van der Waals surface area contributed by atoms with Gasteiger partial charge in [0.2, 0.25) is 0 Å². The molecule has 0 atom stereocenters. The molecule has 2 aromatic carbocycles. The van der Waals surface area contributed by atoms with Crippen molar-refractivity contribution in [1.29, 1.82) is 0 Å². The molecule has 0 fully saturated rings. The Morgan fingerprint density at radius 1 is 1.00 bits per heavy atom. The molecular formula is C31H32N2O7S. The molecule has 0 bridgehead atoms. The Morgan fingerprint density at radius 3 is 2.46 bits per heavy atom. The van der Waals surface area contributed by atoms with Crippen LogP contribution >= 0.6 is 11.3 Å².